The van der Waals surface area contributed by atoms with Crippen LogP contribution >= 0.6 is 12.4 Å². The molecule has 1 aliphatic heterocycles. The van der Waals surface area contributed by atoms with E-state index in [0.717, 1.165) is 44.8 Å². The first-order valence-corrected chi connectivity index (χ1v) is 6.46. The molecule has 1 fully saturated rings. The highest BCUT2D eigenvalue weighted by Crippen LogP contribution is 2.13. The molecule has 19 heavy (non-hydrogen) atoms. The Morgan fingerprint density at radius 3 is 2.32 bits per heavy atom. The topological polar surface area (TPSA) is 43.8 Å². The van der Waals surface area contributed by atoms with E-state index in [1.165, 1.54) is 0 Å². The number of rotatable bonds is 4. The highest BCUT2D eigenvalue weighted by Gasteiger charge is 2.17. The predicted octanol–water partition coefficient (Wildman–Crippen LogP) is 1.94. The van der Waals surface area contributed by atoms with Crippen LogP contribution in [0.1, 0.15) is 22.8 Å². The lowest BCUT2D eigenvalue weighted by molar-refractivity contribution is 0.0693. The zero-order valence-electron chi connectivity index (χ0n) is 11.2. The first kappa shape index (κ1) is 16.0. The second-order valence-corrected chi connectivity index (χ2v) is 4.67. The number of nitrogens with zero attached hydrogens (tertiary/aromatic N) is 2. The van der Waals surface area contributed by atoms with Gasteiger partial charge < -0.3 is 10.0 Å². The minimum atomic E-state index is -0.835. The molecule has 4 nitrogen and oxygen atoms in total. The predicted molar refractivity (Wildman–Crippen MR) is 78.0 cm³/mol. The fraction of sp³-hybridized carbons (Fsp3) is 0.500. The maximum absolute atomic E-state index is 11.1. The molecule has 2 rings (SSSR count). The average Bonchev–Trinajstić information content (AvgIpc) is 2.40. The first-order chi connectivity index (χ1) is 8.70. The molecule has 0 aromatic heterocycles. The molecule has 0 saturated carbocycles. The number of likely N-dealkylation sites (N-methyl/N-ethyl adjacent to an activating group) is 1. The monoisotopic (exact) mass is 284 g/mol. The Morgan fingerprint density at radius 2 is 1.74 bits per heavy atom. The standard InChI is InChI=1S/C14H20N2O2.ClH/c1-2-15-7-9-16(10-8-15)11-12-5-3-4-6-13(12)14(17)18;/h3-6H,2,7-11H2,1H3,(H,17,18);1H. The van der Waals surface area contributed by atoms with Crippen LogP contribution in [0, 0.1) is 0 Å². The van der Waals surface area contributed by atoms with Gasteiger partial charge in [-0.25, -0.2) is 4.79 Å². The molecule has 5 heteroatoms. The third-order valence-electron chi connectivity index (χ3n) is 3.55. The number of carbonyl (C=O) groups is 1. The molecule has 0 bridgehead atoms. The van der Waals surface area contributed by atoms with Crippen LogP contribution in [0.3, 0.4) is 0 Å². The molecule has 1 N–H and O–H groups in total. The van der Waals surface area contributed by atoms with E-state index >= 15 is 0 Å². The van der Waals surface area contributed by atoms with Crippen molar-refractivity contribution in [2.45, 2.75) is 13.5 Å². The summed E-state index contributed by atoms with van der Waals surface area (Å²) < 4.78 is 0. The van der Waals surface area contributed by atoms with Crippen molar-refractivity contribution >= 4 is 18.4 Å². The molecule has 1 heterocycles. The van der Waals surface area contributed by atoms with E-state index in [-0.39, 0.29) is 12.4 Å². The lowest BCUT2D eigenvalue weighted by atomic mass is 10.1. The molecule has 0 unspecified atom stereocenters. The van der Waals surface area contributed by atoms with E-state index in [4.69, 9.17) is 5.11 Å². The third-order valence-corrected chi connectivity index (χ3v) is 3.55. The zero-order valence-corrected chi connectivity index (χ0v) is 12.0. The Bertz CT molecular complexity index is 418. The molecule has 0 amide bonds. The van der Waals surface area contributed by atoms with Gasteiger partial charge in [-0.05, 0) is 18.2 Å². The van der Waals surface area contributed by atoms with Crippen LogP contribution in [0.2, 0.25) is 0 Å². The molecule has 1 aromatic rings. The Hall–Kier alpha value is -1.10. The van der Waals surface area contributed by atoms with Gasteiger partial charge in [-0.2, -0.15) is 0 Å². The quantitative estimate of drug-likeness (QED) is 0.918. The number of hydrogen-bond acceptors (Lipinski definition) is 3. The van der Waals surface area contributed by atoms with Crippen LogP contribution in [0.5, 0.6) is 0 Å². The summed E-state index contributed by atoms with van der Waals surface area (Å²) in [5, 5.41) is 9.15. The van der Waals surface area contributed by atoms with Crippen molar-refractivity contribution in [1.29, 1.82) is 0 Å². The number of aromatic carboxylic acids is 1. The van der Waals surface area contributed by atoms with E-state index in [1.54, 1.807) is 12.1 Å². The van der Waals surface area contributed by atoms with Crippen molar-refractivity contribution in [1.82, 2.24) is 9.80 Å². The number of carboxylic acid groups (broad SMARTS) is 1. The van der Waals surface area contributed by atoms with Gasteiger partial charge in [-0.15, -0.1) is 12.4 Å². The van der Waals surface area contributed by atoms with Gasteiger partial charge in [0.25, 0.3) is 0 Å². The molecule has 1 saturated heterocycles. The summed E-state index contributed by atoms with van der Waals surface area (Å²) in [4.78, 5) is 15.9. The number of halogens is 1. The fourth-order valence-corrected chi connectivity index (χ4v) is 2.37. The highest BCUT2D eigenvalue weighted by atomic mass is 35.5. The Labute approximate surface area is 120 Å². The Kier molecular flexibility index (Phi) is 6.28. The summed E-state index contributed by atoms with van der Waals surface area (Å²) in [5.74, 6) is -0.835. The number of piperazine rings is 1. The van der Waals surface area contributed by atoms with Gasteiger partial charge in [0, 0.05) is 32.7 Å². The third kappa shape index (κ3) is 4.20. The van der Waals surface area contributed by atoms with E-state index in [9.17, 15) is 4.79 Å². The van der Waals surface area contributed by atoms with Crippen molar-refractivity contribution in [2.24, 2.45) is 0 Å². The summed E-state index contributed by atoms with van der Waals surface area (Å²) in [5.41, 5.74) is 1.34. The Morgan fingerprint density at radius 1 is 1.16 bits per heavy atom. The van der Waals surface area contributed by atoms with Crippen LogP contribution in [-0.4, -0.2) is 53.6 Å². The van der Waals surface area contributed by atoms with Gasteiger partial charge in [0.2, 0.25) is 0 Å². The van der Waals surface area contributed by atoms with Crippen molar-refractivity contribution in [3.05, 3.63) is 35.4 Å². The van der Waals surface area contributed by atoms with Gasteiger partial charge in [0.15, 0.2) is 0 Å². The maximum Gasteiger partial charge on any atom is 0.336 e. The molecule has 1 aromatic carbocycles. The normalized spacial score (nSPS) is 16.9. The second kappa shape index (κ2) is 7.48. The first-order valence-electron chi connectivity index (χ1n) is 6.46. The molecule has 1 aliphatic rings. The number of hydrogen-bond donors (Lipinski definition) is 1. The van der Waals surface area contributed by atoms with Crippen molar-refractivity contribution in [3.8, 4) is 0 Å². The molecule has 0 atom stereocenters. The summed E-state index contributed by atoms with van der Waals surface area (Å²) in [6.45, 7) is 8.19. The van der Waals surface area contributed by atoms with Gasteiger partial charge in [0.05, 0.1) is 5.56 Å². The summed E-state index contributed by atoms with van der Waals surface area (Å²) in [7, 11) is 0. The van der Waals surface area contributed by atoms with E-state index in [1.807, 2.05) is 12.1 Å². The minimum absolute atomic E-state index is 0. The van der Waals surface area contributed by atoms with Crippen molar-refractivity contribution in [2.75, 3.05) is 32.7 Å². The molecule has 106 valence electrons. The van der Waals surface area contributed by atoms with Gasteiger partial charge >= 0.3 is 5.97 Å². The highest BCUT2D eigenvalue weighted by molar-refractivity contribution is 5.89. The largest absolute Gasteiger partial charge is 0.478 e. The lowest BCUT2D eigenvalue weighted by Gasteiger charge is -2.34. The van der Waals surface area contributed by atoms with Crippen LogP contribution in [0.25, 0.3) is 0 Å². The van der Waals surface area contributed by atoms with Crippen LogP contribution in [0.15, 0.2) is 24.3 Å². The van der Waals surface area contributed by atoms with Crippen LogP contribution in [-0.2, 0) is 6.54 Å². The maximum atomic E-state index is 11.1. The summed E-state index contributed by atoms with van der Waals surface area (Å²) in [6, 6.07) is 7.28. The minimum Gasteiger partial charge on any atom is -0.478 e. The number of carboxylic acids is 1. The van der Waals surface area contributed by atoms with Gasteiger partial charge in [0.1, 0.15) is 0 Å². The van der Waals surface area contributed by atoms with Crippen LogP contribution < -0.4 is 0 Å². The van der Waals surface area contributed by atoms with E-state index < -0.39 is 5.97 Å². The molecule has 0 spiro atoms. The zero-order chi connectivity index (χ0) is 13.0. The molecule has 0 aliphatic carbocycles. The van der Waals surface area contributed by atoms with E-state index in [2.05, 4.69) is 16.7 Å². The Balaban J connectivity index is 0.00000180. The average molecular weight is 285 g/mol. The molecule has 0 radical (unpaired) electrons. The van der Waals surface area contributed by atoms with Crippen LogP contribution in [0.4, 0.5) is 0 Å². The summed E-state index contributed by atoms with van der Waals surface area (Å²) in [6.07, 6.45) is 0. The molecular weight excluding hydrogens is 264 g/mol. The SMILES string of the molecule is CCN1CCN(Cc2ccccc2C(=O)O)CC1.Cl. The van der Waals surface area contributed by atoms with Gasteiger partial charge in [-0.3, -0.25) is 4.90 Å². The lowest BCUT2D eigenvalue weighted by Crippen LogP contribution is -2.45. The fourth-order valence-electron chi connectivity index (χ4n) is 2.37. The van der Waals surface area contributed by atoms with Gasteiger partial charge in [-0.1, -0.05) is 25.1 Å². The van der Waals surface area contributed by atoms with E-state index in [0.29, 0.717) is 5.56 Å². The smallest absolute Gasteiger partial charge is 0.336 e. The molecular formula is C14H21ClN2O2. The second-order valence-electron chi connectivity index (χ2n) is 4.67. The number of benzene rings is 1. The van der Waals surface area contributed by atoms with Crippen molar-refractivity contribution < 1.29 is 9.90 Å². The summed E-state index contributed by atoms with van der Waals surface area (Å²) >= 11 is 0. The van der Waals surface area contributed by atoms with Crippen molar-refractivity contribution in [3.63, 3.8) is 0 Å².